The summed E-state index contributed by atoms with van der Waals surface area (Å²) in [5, 5.41) is 11.6. The number of carboxylic acids is 1. The number of nitrogens with zero attached hydrogens (tertiary/aromatic N) is 1. The minimum Gasteiger partial charge on any atom is -0.478 e. The Morgan fingerprint density at radius 2 is 2.17 bits per heavy atom. The molecule has 1 N–H and O–H groups in total. The van der Waals surface area contributed by atoms with Crippen LogP contribution >= 0.6 is 0 Å². The zero-order chi connectivity index (χ0) is 12.5. The molecule has 0 atom stereocenters. The van der Waals surface area contributed by atoms with Gasteiger partial charge in [-0.3, -0.25) is 4.90 Å². The summed E-state index contributed by atoms with van der Waals surface area (Å²) in [6.07, 6.45) is 4.85. The maximum atomic E-state index is 11.0. The SMILES string of the molecule is O=C(O)C1=CCCN(CC2=c3ccccc3=C2)C1. The van der Waals surface area contributed by atoms with Gasteiger partial charge in [0.05, 0.1) is 0 Å². The summed E-state index contributed by atoms with van der Waals surface area (Å²) in [5.41, 5.74) is 1.84. The van der Waals surface area contributed by atoms with Crippen molar-refractivity contribution in [2.45, 2.75) is 6.42 Å². The second kappa shape index (κ2) is 4.42. The van der Waals surface area contributed by atoms with Gasteiger partial charge in [0.2, 0.25) is 0 Å². The summed E-state index contributed by atoms with van der Waals surface area (Å²) in [4.78, 5) is 13.2. The van der Waals surface area contributed by atoms with E-state index in [1.165, 1.54) is 16.0 Å². The van der Waals surface area contributed by atoms with E-state index in [2.05, 4.69) is 23.1 Å². The van der Waals surface area contributed by atoms with Crippen molar-refractivity contribution >= 4 is 17.6 Å². The van der Waals surface area contributed by atoms with Gasteiger partial charge in [-0.05, 0) is 28.5 Å². The lowest BCUT2D eigenvalue weighted by atomic mass is 9.99. The predicted molar refractivity (Wildman–Crippen MR) is 70.3 cm³/mol. The molecule has 1 aliphatic heterocycles. The molecule has 0 amide bonds. The Morgan fingerprint density at radius 1 is 1.33 bits per heavy atom. The molecule has 0 bridgehead atoms. The van der Waals surface area contributed by atoms with Gasteiger partial charge in [-0.25, -0.2) is 4.79 Å². The van der Waals surface area contributed by atoms with Crippen LogP contribution < -0.4 is 10.4 Å². The van der Waals surface area contributed by atoms with Gasteiger partial charge in [0.1, 0.15) is 0 Å². The van der Waals surface area contributed by atoms with Crippen molar-refractivity contribution in [2.75, 3.05) is 19.6 Å². The molecule has 0 spiro atoms. The van der Waals surface area contributed by atoms with E-state index in [9.17, 15) is 4.79 Å². The Kier molecular flexibility index (Phi) is 2.76. The fourth-order valence-corrected chi connectivity index (χ4v) is 2.57. The molecule has 0 saturated heterocycles. The van der Waals surface area contributed by atoms with Gasteiger partial charge >= 0.3 is 5.97 Å². The Balaban J connectivity index is 1.74. The molecule has 3 heteroatoms. The van der Waals surface area contributed by atoms with Crippen LogP contribution in [-0.2, 0) is 4.79 Å². The molecular weight excluding hydrogens is 226 g/mol. The maximum absolute atomic E-state index is 11.0. The summed E-state index contributed by atoms with van der Waals surface area (Å²) in [6.45, 7) is 2.34. The van der Waals surface area contributed by atoms with Gasteiger partial charge in [0.25, 0.3) is 0 Å². The van der Waals surface area contributed by atoms with Crippen LogP contribution in [0, 0.1) is 0 Å². The average Bonchev–Trinajstić information content (AvgIpc) is 2.36. The summed E-state index contributed by atoms with van der Waals surface area (Å²) < 4.78 is 0. The van der Waals surface area contributed by atoms with Gasteiger partial charge in [-0.2, -0.15) is 0 Å². The number of hydrogen-bond donors (Lipinski definition) is 1. The van der Waals surface area contributed by atoms with Gasteiger partial charge in [-0.15, -0.1) is 0 Å². The molecule has 0 saturated carbocycles. The fraction of sp³-hybridized carbons (Fsp3) is 0.267. The minimum absolute atomic E-state index is 0.523. The molecule has 1 heterocycles. The van der Waals surface area contributed by atoms with E-state index in [0.29, 0.717) is 12.1 Å². The second-order valence-electron chi connectivity index (χ2n) is 4.79. The average molecular weight is 241 g/mol. The van der Waals surface area contributed by atoms with E-state index < -0.39 is 5.97 Å². The van der Waals surface area contributed by atoms with Crippen molar-refractivity contribution in [1.29, 1.82) is 0 Å². The molecule has 0 radical (unpaired) electrons. The van der Waals surface area contributed by atoms with Crippen LogP contribution in [0.3, 0.4) is 0 Å². The smallest absolute Gasteiger partial charge is 0.332 e. The summed E-state index contributed by atoms with van der Waals surface area (Å²) in [5.74, 6) is -0.789. The number of aliphatic carboxylic acids is 1. The second-order valence-corrected chi connectivity index (χ2v) is 4.79. The highest BCUT2D eigenvalue weighted by Gasteiger charge is 2.18. The number of benzene rings is 1. The molecule has 1 aromatic rings. The van der Waals surface area contributed by atoms with Crippen LogP contribution in [0.15, 0.2) is 35.9 Å². The van der Waals surface area contributed by atoms with Crippen molar-refractivity contribution in [2.24, 2.45) is 0 Å². The Morgan fingerprint density at radius 3 is 2.94 bits per heavy atom. The van der Waals surface area contributed by atoms with Crippen molar-refractivity contribution < 1.29 is 9.90 Å². The number of fused-ring (bicyclic) bond motifs is 1. The minimum atomic E-state index is -0.789. The molecule has 0 aromatic heterocycles. The van der Waals surface area contributed by atoms with Crippen LogP contribution in [0.1, 0.15) is 6.42 Å². The first kappa shape index (κ1) is 11.2. The first-order valence-electron chi connectivity index (χ1n) is 6.19. The van der Waals surface area contributed by atoms with Crippen LogP contribution in [0.25, 0.3) is 11.6 Å². The zero-order valence-electron chi connectivity index (χ0n) is 10.1. The molecule has 0 unspecified atom stereocenters. The molecule has 1 aromatic carbocycles. The standard InChI is InChI=1S/C15H15NO2/c17-15(18)12-5-3-7-16(9-12)10-13-8-11-4-1-2-6-14(11)13/h1-2,4-6,8H,3,7,9-10H2,(H,17,18). The highest BCUT2D eigenvalue weighted by molar-refractivity contribution is 5.87. The number of rotatable bonds is 3. The molecule has 3 nitrogen and oxygen atoms in total. The number of hydrogen-bond acceptors (Lipinski definition) is 2. The third-order valence-corrected chi connectivity index (χ3v) is 3.54. The first-order valence-corrected chi connectivity index (χ1v) is 6.19. The van der Waals surface area contributed by atoms with E-state index in [1.807, 2.05) is 18.2 Å². The third-order valence-electron chi connectivity index (χ3n) is 3.54. The van der Waals surface area contributed by atoms with Crippen molar-refractivity contribution in [3.63, 3.8) is 0 Å². The Labute approximate surface area is 105 Å². The summed E-state index contributed by atoms with van der Waals surface area (Å²) >= 11 is 0. The summed E-state index contributed by atoms with van der Waals surface area (Å²) in [6, 6.07) is 8.32. The molecular formula is C15H15NO2. The quantitative estimate of drug-likeness (QED) is 0.830. The Hall–Kier alpha value is -1.87. The molecule has 2 aliphatic rings. The molecule has 3 rings (SSSR count). The molecule has 1 aliphatic carbocycles. The van der Waals surface area contributed by atoms with E-state index >= 15 is 0 Å². The van der Waals surface area contributed by atoms with Crippen LogP contribution in [-0.4, -0.2) is 35.6 Å². The van der Waals surface area contributed by atoms with Crippen LogP contribution in [0.2, 0.25) is 0 Å². The Bertz CT molecular complexity index is 643. The topological polar surface area (TPSA) is 40.5 Å². The van der Waals surface area contributed by atoms with Gasteiger partial charge < -0.3 is 5.11 Å². The van der Waals surface area contributed by atoms with E-state index in [0.717, 1.165) is 19.5 Å². The van der Waals surface area contributed by atoms with Gasteiger partial charge in [-0.1, -0.05) is 30.3 Å². The van der Waals surface area contributed by atoms with Crippen LogP contribution in [0.4, 0.5) is 0 Å². The van der Waals surface area contributed by atoms with Crippen LogP contribution in [0.5, 0.6) is 0 Å². The summed E-state index contributed by atoms with van der Waals surface area (Å²) in [7, 11) is 0. The zero-order valence-corrected chi connectivity index (χ0v) is 10.1. The van der Waals surface area contributed by atoms with E-state index in [-0.39, 0.29) is 0 Å². The van der Waals surface area contributed by atoms with Crippen molar-refractivity contribution in [3.8, 4) is 0 Å². The van der Waals surface area contributed by atoms with Gasteiger partial charge in [0, 0.05) is 25.2 Å². The number of carboxylic acid groups (broad SMARTS) is 1. The fourth-order valence-electron chi connectivity index (χ4n) is 2.57. The van der Waals surface area contributed by atoms with E-state index in [1.54, 1.807) is 0 Å². The lowest BCUT2D eigenvalue weighted by molar-refractivity contribution is -0.133. The monoisotopic (exact) mass is 241 g/mol. The van der Waals surface area contributed by atoms with E-state index in [4.69, 9.17) is 5.11 Å². The lowest BCUT2D eigenvalue weighted by Crippen LogP contribution is -2.40. The highest BCUT2D eigenvalue weighted by Crippen LogP contribution is 2.13. The predicted octanol–water partition coefficient (Wildman–Crippen LogP) is 0.348. The van der Waals surface area contributed by atoms with Crippen molar-refractivity contribution in [1.82, 2.24) is 4.90 Å². The molecule has 92 valence electrons. The third kappa shape index (κ3) is 1.97. The lowest BCUT2D eigenvalue weighted by Gasteiger charge is -2.27. The maximum Gasteiger partial charge on any atom is 0.332 e. The van der Waals surface area contributed by atoms with Crippen molar-refractivity contribution in [3.05, 3.63) is 46.4 Å². The normalized spacial score (nSPS) is 18.4. The first-order chi connectivity index (χ1) is 8.74. The number of carbonyl (C=O) groups is 1. The molecule has 0 fully saturated rings. The molecule has 18 heavy (non-hydrogen) atoms. The van der Waals surface area contributed by atoms with Gasteiger partial charge in [0.15, 0.2) is 0 Å². The largest absolute Gasteiger partial charge is 0.478 e. The highest BCUT2D eigenvalue weighted by atomic mass is 16.4.